The van der Waals surface area contributed by atoms with E-state index in [0.717, 1.165) is 18.4 Å². The Morgan fingerprint density at radius 1 is 1.28 bits per heavy atom. The van der Waals surface area contributed by atoms with Crippen molar-refractivity contribution in [1.82, 2.24) is 4.90 Å². The molecule has 2 N–H and O–H groups in total. The maximum absolute atomic E-state index is 10.6. The van der Waals surface area contributed by atoms with E-state index in [1.807, 2.05) is 12.1 Å². The molecule has 0 bridgehead atoms. The number of benzene rings is 1. The molecule has 1 saturated carbocycles. The normalized spacial score (nSPS) is 20.2. The lowest BCUT2D eigenvalue weighted by Crippen LogP contribution is -2.52. The lowest BCUT2D eigenvalue weighted by atomic mass is 9.85. The van der Waals surface area contributed by atoms with Gasteiger partial charge < -0.3 is 15.1 Å². The van der Waals surface area contributed by atoms with Crippen molar-refractivity contribution in [2.45, 2.75) is 43.7 Å². The first-order chi connectivity index (χ1) is 8.54. The van der Waals surface area contributed by atoms with Gasteiger partial charge in [-0.05, 0) is 44.6 Å². The van der Waals surface area contributed by atoms with Gasteiger partial charge in [0.05, 0.1) is 6.10 Å². The highest BCUT2D eigenvalue weighted by Crippen LogP contribution is 2.37. The molecule has 3 nitrogen and oxygen atoms in total. The van der Waals surface area contributed by atoms with Gasteiger partial charge in [-0.25, -0.2) is 0 Å². The fourth-order valence-electron chi connectivity index (χ4n) is 3.16. The van der Waals surface area contributed by atoms with Gasteiger partial charge in [0.25, 0.3) is 0 Å². The largest absolute Gasteiger partial charge is 0.508 e. The zero-order chi connectivity index (χ0) is 13.2. The van der Waals surface area contributed by atoms with Crippen molar-refractivity contribution in [2.24, 2.45) is 0 Å². The first kappa shape index (κ1) is 13.4. The standard InChI is InChI=1S/C15H23NO2/c1-16(2)15(8-3-4-9-15)14(18)11-12-6-5-7-13(17)10-12/h5-7,10,14,17-18H,3-4,8-9,11H2,1-2H3. The Kier molecular flexibility index (Phi) is 3.93. The van der Waals surface area contributed by atoms with E-state index < -0.39 is 0 Å². The molecule has 0 aromatic heterocycles. The van der Waals surface area contributed by atoms with Crippen molar-refractivity contribution in [3.8, 4) is 5.75 Å². The highest BCUT2D eigenvalue weighted by Gasteiger charge is 2.42. The first-order valence-electron chi connectivity index (χ1n) is 6.68. The molecule has 1 aliphatic rings. The van der Waals surface area contributed by atoms with E-state index in [2.05, 4.69) is 19.0 Å². The Labute approximate surface area is 109 Å². The van der Waals surface area contributed by atoms with Gasteiger partial charge in [0.1, 0.15) is 5.75 Å². The third-order valence-electron chi connectivity index (χ3n) is 4.32. The number of aliphatic hydroxyl groups excluding tert-OH is 1. The zero-order valence-corrected chi connectivity index (χ0v) is 11.3. The van der Waals surface area contributed by atoms with Crippen LogP contribution in [0.5, 0.6) is 5.75 Å². The van der Waals surface area contributed by atoms with Gasteiger partial charge in [-0.2, -0.15) is 0 Å². The lowest BCUT2D eigenvalue weighted by Gasteiger charge is -2.40. The van der Waals surface area contributed by atoms with Gasteiger partial charge >= 0.3 is 0 Å². The lowest BCUT2D eigenvalue weighted by molar-refractivity contribution is -0.00251. The van der Waals surface area contributed by atoms with Crippen LogP contribution in [0.3, 0.4) is 0 Å². The minimum atomic E-state index is -0.378. The minimum absolute atomic E-state index is 0.0918. The molecule has 1 atom stereocenters. The van der Waals surface area contributed by atoms with E-state index in [-0.39, 0.29) is 17.4 Å². The summed E-state index contributed by atoms with van der Waals surface area (Å²) in [6.45, 7) is 0. The third kappa shape index (κ3) is 2.52. The van der Waals surface area contributed by atoms with E-state index >= 15 is 0 Å². The molecule has 0 spiro atoms. The molecule has 1 unspecified atom stereocenters. The molecule has 0 saturated heterocycles. The molecule has 0 amide bonds. The predicted octanol–water partition coefficient (Wildman–Crippen LogP) is 2.17. The van der Waals surface area contributed by atoms with Crippen LogP contribution in [0.25, 0.3) is 0 Å². The molecule has 1 aromatic carbocycles. The minimum Gasteiger partial charge on any atom is -0.508 e. The molecule has 2 rings (SSSR count). The summed E-state index contributed by atoms with van der Waals surface area (Å²) in [5, 5.41) is 20.1. The van der Waals surface area contributed by atoms with Crippen molar-refractivity contribution >= 4 is 0 Å². The summed E-state index contributed by atoms with van der Waals surface area (Å²) in [5.74, 6) is 0.269. The molecule has 18 heavy (non-hydrogen) atoms. The Bertz CT molecular complexity index is 397. The smallest absolute Gasteiger partial charge is 0.115 e. The summed E-state index contributed by atoms with van der Waals surface area (Å²) < 4.78 is 0. The van der Waals surface area contributed by atoms with Gasteiger partial charge in [0.15, 0.2) is 0 Å². The monoisotopic (exact) mass is 249 g/mol. The molecule has 100 valence electrons. The molecular weight excluding hydrogens is 226 g/mol. The van der Waals surface area contributed by atoms with E-state index in [1.54, 1.807) is 12.1 Å². The van der Waals surface area contributed by atoms with Crippen molar-refractivity contribution in [2.75, 3.05) is 14.1 Å². The van der Waals surface area contributed by atoms with Crippen LogP contribution in [0, 0.1) is 0 Å². The van der Waals surface area contributed by atoms with E-state index in [9.17, 15) is 10.2 Å². The van der Waals surface area contributed by atoms with E-state index in [1.165, 1.54) is 12.8 Å². The number of nitrogens with zero attached hydrogens (tertiary/aromatic N) is 1. The van der Waals surface area contributed by atoms with Crippen LogP contribution in [-0.4, -0.2) is 40.9 Å². The predicted molar refractivity (Wildman–Crippen MR) is 72.7 cm³/mol. The Balaban J connectivity index is 2.13. The number of aliphatic hydroxyl groups is 1. The number of likely N-dealkylation sites (N-methyl/N-ethyl adjacent to an activating group) is 1. The van der Waals surface area contributed by atoms with Gasteiger partial charge in [-0.3, -0.25) is 0 Å². The Morgan fingerprint density at radius 2 is 1.94 bits per heavy atom. The van der Waals surface area contributed by atoms with Gasteiger partial charge in [-0.15, -0.1) is 0 Å². The van der Waals surface area contributed by atoms with Crippen LogP contribution < -0.4 is 0 Å². The van der Waals surface area contributed by atoms with Crippen LogP contribution in [0.2, 0.25) is 0 Å². The van der Waals surface area contributed by atoms with Crippen LogP contribution in [0.4, 0.5) is 0 Å². The molecule has 1 aliphatic carbocycles. The highest BCUT2D eigenvalue weighted by molar-refractivity contribution is 5.28. The summed E-state index contributed by atoms with van der Waals surface area (Å²) in [7, 11) is 4.11. The fraction of sp³-hybridized carbons (Fsp3) is 0.600. The molecule has 1 aromatic rings. The molecule has 1 fully saturated rings. The second-order valence-corrected chi connectivity index (χ2v) is 5.59. The molecule has 0 radical (unpaired) electrons. The maximum Gasteiger partial charge on any atom is 0.115 e. The van der Waals surface area contributed by atoms with E-state index in [0.29, 0.717) is 6.42 Å². The number of aromatic hydroxyl groups is 1. The quantitative estimate of drug-likeness (QED) is 0.859. The first-order valence-corrected chi connectivity index (χ1v) is 6.68. The number of hydrogen-bond acceptors (Lipinski definition) is 3. The summed E-state index contributed by atoms with van der Waals surface area (Å²) >= 11 is 0. The number of phenolic OH excluding ortho intramolecular Hbond substituents is 1. The molecular formula is C15H23NO2. The zero-order valence-electron chi connectivity index (χ0n) is 11.3. The highest BCUT2D eigenvalue weighted by atomic mass is 16.3. The van der Waals surface area contributed by atoms with Gasteiger partial charge in [-0.1, -0.05) is 25.0 Å². The fourth-order valence-corrected chi connectivity index (χ4v) is 3.16. The molecule has 0 heterocycles. The average molecular weight is 249 g/mol. The van der Waals surface area contributed by atoms with Gasteiger partial charge in [0, 0.05) is 12.0 Å². The summed E-state index contributed by atoms with van der Waals surface area (Å²) in [5.41, 5.74) is 0.904. The van der Waals surface area contributed by atoms with Gasteiger partial charge in [0.2, 0.25) is 0 Å². The van der Waals surface area contributed by atoms with Crippen molar-refractivity contribution in [1.29, 1.82) is 0 Å². The summed E-state index contributed by atoms with van der Waals surface area (Å²) in [6, 6.07) is 7.18. The second-order valence-electron chi connectivity index (χ2n) is 5.59. The molecule has 3 heteroatoms. The average Bonchev–Trinajstić information content (AvgIpc) is 2.79. The summed E-state index contributed by atoms with van der Waals surface area (Å²) in [4.78, 5) is 2.17. The maximum atomic E-state index is 10.6. The number of rotatable bonds is 4. The van der Waals surface area contributed by atoms with E-state index in [4.69, 9.17) is 0 Å². The van der Waals surface area contributed by atoms with Crippen LogP contribution >= 0.6 is 0 Å². The van der Waals surface area contributed by atoms with Crippen LogP contribution in [-0.2, 0) is 6.42 Å². The van der Waals surface area contributed by atoms with Crippen molar-refractivity contribution < 1.29 is 10.2 Å². The van der Waals surface area contributed by atoms with Crippen molar-refractivity contribution in [3.63, 3.8) is 0 Å². The molecule has 0 aliphatic heterocycles. The Hall–Kier alpha value is -1.06. The topological polar surface area (TPSA) is 43.7 Å². The number of hydrogen-bond donors (Lipinski definition) is 2. The SMILES string of the molecule is CN(C)C1(C(O)Cc2cccc(O)c2)CCCC1. The Morgan fingerprint density at radius 3 is 2.50 bits per heavy atom. The summed E-state index contributed by atoms with van der Waals surface area (Å²) in [6.07, 6.45) is 4.72. The second kappa shape index (κ2) is 5.29. The van der Waals surface area contributed by atoms with Crippen LogP contribution in [0.1, 0.15) is 31.2 Å². The van der Waals surface area contributed by atoms with Crippen LogP contribution in [0.15, 0.2) is 24.3 Å². The number of phenols is 1. The third-order valence-corrected chi connectivity index (χ3v) is 4.32. The van der Waals surface area contributed by atoms with Crippen molar-refractivity contribution in [3.05, 3.63) is 29.8 Å².